The van der Waals surface area contributed by atoms with Crippen LogP contribution in [0.4, 0.5) is 13.2 Å². The molecule has 0 bridgehead atoms. The number of carbonyl (C=O) groups excluding carboxylic acids is 5. The Kier molecular flexibility index (Phi) is 24.0. The smallest absolute Gasteiger partial charge is 0.372 e. The number of benzene rings is 1. The number of rotatable bonds is 3. The van der Waals surface area contributed by atoms with Gasteiger partial charge in [0.05, 0.1) is 6.42 Å². The highest BCUT2D eigenvalue weighted by molar-refractivity contribution is 6.27. The van der Waals surface area contributed by atoms with Crippen LogP contribution in [-0.4, -0.2) is 42.1 Å². The maximum Gasteiger partial charge on any atom is 0.470 e. The summed E-state index contributed by atoms with van der Waals surface area (Å²) in [4.78, 5) is 46.8. The lowest BCUT2D eigenvalue weighted by molar-refractivity contribution is -0.169. The molecule has 1 rings (SSSR count). The maximum absolute atomic E-state index is 10.7. The second kappa shape index (κ2) is 21.0. The molecule has 0 atom stereocenters. The monoisotopic (exact) mass is 445 g/mol. The molecule has 29 heavy (non-hydrogen) atoms. The molecule has 0 spiro atoms. The fourth-order valence-electron chi connectivity index (χ4n) is 0.797. The average molecular weight is 446 g/mol. The molecule has 0 aliphatic heterocycles. The van der Waals surface area contributed by atoms with Crippen molar-refractivity contribution in [2.75, 3.05) is 5.88 Å². The predicted molar refractivity (Wildman–Crippen MR) is 99.6 cm³/mol. The summed E-state index contributed by atoms with van der Waals surface area (Å²) in [6.07, 6.45) is -4.28. The van der Waals surface area contributed by atoms with E-state index in [-0.39, 0.29) is 24.1 Å². The summed E-state index contributed by atoms with van der Waals surface area (Å²) in [5.74, 6) is -3.44. The topological polar surface area (TPSA) is 215 Å². The van der Waals surface area contributed by atoms with Crippen LogP contribution in [0.15, 0.2) is 30.3 Å². The zero-order valence-electron chi connectivity index (χ0n) is 15.3. The molecule has 0 saturated carbocycles. The number of carbonyl (C=O) groups is 5. The van der Waals surface area contributed by atoms with Crippen molar-refractivity contribution in [1.82, 2.24) is 0 Å². The van der Waals surface area contributed by atoms with Gasteiger partial charge in [0.1, 0.15) is 5.88 Å². The molecule has 0 aliphatic carbocycles. The highest BCUT2D eigenvalue weighted by Crippen LogP contribution is 2.11. The number of primary amides is 5. The minimum atomic E-state index is -4.86. The summed E-state index contributed by atoms with van der Waals surface area (Å²) in [5, 5.41) is 0. The molecule has 5 amide bonds. The van der Waals surface area contributed by atoms with E-state index in [9.17, 15) is 27.6 Å². The van der Waals surface area contributed by atoms with Crippen molar-refractivity contribution in [2.45, 2.75) is 19.5 Å². The van der Waals surface area contributed by atoms with Crippen LogP contribution in [-0.2, 0) is 30.4 Å². The lowest BCUT2D eigenvalue weighted by Gasteiger charge is -1.95. The molecule has 0 unspecified atom stereocenters. The molecule has 1 aromatic rings. The molecule has 14 heteroatoms. The highest BCUT2D eigenvalue weighted by atomic mass is 35.5. The number of alkyl halides is 4. The van der Waals surface area contributed by atoms with Crippen molar-refractivity contribution in [3.05, 3.63) is 35.9 Å². The van der Waals surface area contributed by atoms with E-state index in [0.29, 0.717) is 6.42 Å². The lowest BCUT2D eigenvalue weighted by atomic mass is 10.1. The summed E-state index contributed by atoms with van der Waals surface area (Å²) < 4.78 is 32.1. The highest BCUT2D eigenvalue weighted by Gasteiger charge is 2.35. The van der Waals surface area contributed by atoms with Gasteiger partial charge >= 0.3 is 12.1 Å². The zero-order chi connectivity index (χ0) is 24.0. The number of amides is 5. The first-order valence-corrected chi connectivity index (χ1v) is 7.63. The Hall–Kier alpha value is -3.35. The number of nitrogens with two attached hydrogens (primary N) is 5. The Morgan fingerprint density at radius 1 is 0.966 bits per heavy atom. The fourth-order valence-corrected chi connectivity index (χ4v) is 0.797. The van der Waals surface area contributed by atoms with E-state index in [1.54, 1.807) is 0 Å². The second-order valence-electron chi connectivity index (χ2n) is 4.34. The normalized spacial score (nSPS) is 8.45. The van der Waals surface area contributed by atoms with Gasteiger partial charge < -0.3 is 28.7 Å². The molecule has 1 aromatic carbocycles. The van der Waals surface area contributed by atoms with Gasteiger partial charge in [-0.15, -0.1) is 11.6 Å². The summed E-state index contributed by atoms with van der Waals surface area (Å²) in [6, 6.07) is 9.44. The largest absolute Gasteiger partial charge is 0.470 e. The van der Waals surface area contributed by atoms with Crippen LogP contribution in [0.3, 0.4) is 0 Å². The molecule has 0 fully saturated rings. The van der Waals surface area contributed by atoms with Gasteiger partial charge in [-0.05, 0) is 5.56 Å². The molecular formula is C15H23ClF3N5O5. The van der Waals surface area contributed by atoms with E-state index in [0.717, 1.165) is 5.56 Å². The maximum atomic E-state index is 10.7. The van der Waals surface area contributed by atoms with E-state index in [1.165, 1.54) is 6.92 Å². The minimum Gasteiger partial charge on any atom is -0.372 e. The molecular weight excluding hydrogens is 423 g/mol. The predicted octanol–water partition coefficient (Wildman–Crippen LogP) is -0.948. The Labute approximate surface area is 169 Å². The molecule has 0 radical (unpaired) electrons. The Balaban J connectivity index is -0.000000145. The SMILES string of the molecule is CC(N)=O.NC(=O)C(F)(F)F.NC(=O)CCl.NC(=O)Cc1ccccc1.NC=O. The van der Waals surface area contributed by atoms with Gasteiger partial charge in [-0.2, -0.15) is 13.2 Å². The molecule has 10 nitrogen and oxygen atoms in total. The number of hydrogen-bond donors (Lipinski definition) is 5. The zero-order valence-corrected chi connectivity index (χ0v) is 16.1. The summed E-state index contributed by atoms with van der Waals surface area (Å²) in [7, 11) is 0. The van der Waals surface area contributed by atoms with Crippen molar-refractivity contribution in [3.8, 4) is 0 Å². The number of hydrogen-bond acceptors (Lipinski definition) is 5. The van der Waals surface area contributed by atoms with E-state index in [1.807, 2.05) is 30.3 Å². The molecule has 0 heterocycles. The van der Waals surface area contributed by atoms with Crippen LogP contribution in [0, 0.1) is 0 Å². The van der Waals surface area contributed by atoms with Gasteiger partial charge in [-0.1, -0.05) is 30.3 Å². The van der Waals surface area contributed by atoms with E-state index < -0.39 is 18.0 Å². The van der Waals surface area contributed by atoms with Gasteiger partial charge in [0, 0.05) is 6.92 Å². The Morgan fingerprint density at radius 2 is 1.24 bits per heavy atom. The second-order valence-corrected chi connectivity index (χ2v) is 4.60. The quantitative estimate of drug-likeness (QED) is 0.293. The molecule has 166 valence electrons. The minimum absolute atomic E-state index is 0.0833. The van der Waals surface area contributed by atoms with Gasteiger partial charge in [0.25, 0.3) is 0 Å². The van der Waals surface area contributed by atoms with Gasteiger partial charge in [0.15, 0.2) is 0 Å². The van der Waals surface area contributed by atoms with Gasteiger partial charge in [0.2, 0.25) is 24.1 Å². The molecule has 0 aromatic heterocycles. The molecule has 10 N–H and O–H groups in total. The van der Waals surface area contributed by atoms with Gasteiger partial charge in [-0.3, -0.25) is 24.0 Å². The van der Waals surface area contributed by atoms with Crippen LogP contribution < -0.4 is 28.7 Å². The third kappa shape index (κ3) is 45.6. The van der Waals surface area contributed by atoms with E-state index >= 15 is 0 Å². The first-order chi connectivity index (χ1) is 13.1. The fraction of sp³-hybridized carbons (Fsp3) is 0.267. The van der Waals surface area contributed by atoms with Crippen molar-refractivity contribution < 1.29 is 37.1 Å². The Bertz CT molecular complexity index is 612. The van der Waals surface area contributed by atoms with Crippen LogP contribution in [0.1, 0.15) is 12.5 Å². The number of halogens is 4. The summed E-state index contributed by atoms with van der Waals surface area (Å²) in [5.41, 5.74) is 22.9. The first-order valence-electron chi connectivity index (χ1n) is 7.10. The molecule has 0 aliphatic rings. The van der Waals surface area contributed by atoms with E-state index in [2.05, 4.69) is 22.9 Å². The van der Waals surface area contributed by atoms with Crippen molar-refractivity contribution in [3.63, 3.8) is 0 Å². The van der Waals surface area contributed by atoms with E-state index in [4.69, 9.17) is 26.9 Å². The van der Waals surface area contributed by atoms with Crippen LogP contribution in [0.5, 0.6) is 0 Å². The average Bonchev–Trinajstić information content (AvgIpc) is 2.55. The third-order valence-corrected chi connectivity index (χ3v) is 1.90. The summed E-state index contributed by atoms with van der Waals surface area (Å²) >= 11 is 4.86. The Morgan fingerprint density at radius 3 is 1.41 bits per heavy atom. The summed E-state index contributed by atoms with van der Waals surface area (Å²) in [6.45, 7) is 1.31. The first kappa shape index (κ1) is 33.3. The van der Waals surface area contributed by atoms with Crippen LogP contribution in [0.2, 0.25) is 0 Å². The third-order valence-electron chi connectivity index (χ3n) is 1.63. The lowest BCUT2D eigenvalue weighted by Crippen LogP contribution is -2.30. The van der Waals surface area contributed by atoms with Crippen LogP contribution in [0.25, 0.3) is 0 Å². The molecule has 0 saturated heterocycles. The standard InChI is InChI=1S/C8H9NO.C2H4ClNO.C2H2F3NO.C2H5NO.CH3NO/c9-8(10)6-7-4-2-1-3-5-7;3-1-2(4)5;3-2(4,5)1(6)7;1-2(3)4;2-1-3/h1-5H,6H2,(H2,9,10);1H2,(H2,4,5);(H2,6,7);1H3,(H2,3,4);1H,(H2,2,3). The van der Waals surface area contributed by atoms with Crippen molar-refractivity contribution >= 4 is 41.6 Å². The van der Waals surface area contributed by atoms with Gasteiger partial charge in [-0.25, -0.2) is 0 Å². The van der Waals surface area contributed by atoms with Crippen LogP contribution >= 0.6 is 11.6 Å². The van der Waals surface area contributed by atoms with Crippen molar-refractivity contribution in [2.24, 2.45) is 28.7 Å². The van der Waals surface area contributed by atoms with Crippen molar-refractivity contribution in [1.29, 1.82) is 0 Å².